The summed E-state index contributed by atoms with van der Waals surface area (Å²) in [6, 6.07) is 7.44. The van der Waals surface area contributed by atoms with Gasteiger partial charge in [-0.25, -0.2) is 4.98 Å². The maximum atomic E-state index is 12.2. The first-order valence-corrected chi connectivity index (χ1v) is 8.95. The predicted octanol–water partition coefficient (Wildman–Crippen LogP) is 3.50. The van der Waals surface area contributed by atoms with Crippen molar-refractivity contribution in [3.8, 4) is 0 Å². The molecule has 6 nitrogen and oxygen atoms in total. The minimum absolute atomic E-state index is 0.100. The molecule has 25 heavy (non-hydrogen) atoms. The maximum Gasteiger partial charge on any atom is 0.311 e. The van der Waals surface area contributed by atoms with Gasteiger partial charge in [-0.15, -0.1) is 11.3 Å². The third-order valence-corrected chi connectivity index (χ3v) is 4.52. The predicted molar refractivity (Wildman–Crippen MR) is 98.0 cm³/mol. The molecule has 1 aromatic carbocycles. The maximum absolute atomic E-state index is 12.2. The van der Waals surface area contributed by atoms with Crippen LogP contribution in [-0.2, 0) is 27.3 Å². The number of carbonyl (C=O) groups is 2. The Balaban J connectivity index is 1.62. The third kappa shape index (κ3) is 4.37. The summed E-state index contributed by atoms with van der Waals surface area (Å²) in [5.74, 6) is -0.521. The lowest BCUT2D eigenvalue weighted by Gasteiger charge is -2.05. The first kappa shape index (κ1) is 17.4. The fourth-order valence-electron chi connectivity index (χ4n) is 2.43. The van der Waals surface area contributed by atoms with Gasteiger partial charge in [-0.1, -0.05) is 11.6 Å². The number of anilines is 1. The molecule has 0 radical (unpaired) electrons. The molecule has 0 saturated heterocycles. The summed E-state index contributed by atoms with van der Waals surface area (Å²) >= 11 is 7.25. The summed E-state index contributed by atoms with van der Waals surface area (Å²) in [4.78, 5) is 27.9. The lowest BCUT2D eigenvalue weighted by atomic mass is 10.2. The average Bonchev–Trinajstić information content (AvgIpc) is 3.14. The van der Waals surface area contributed by atoms with E-state index in [0.29, 0.717) is 22.5 Å². The minimum Gasteiger partial charge on any atom is -0.466 e. The Labute approximate surface area is 153 Å². The highest BCUT2D eigenvalue weighted by Gasteiger charge is 2.11. The molecule has 0 aliphatic carbocycles. The molecule has 1 N–H and O–H groups in total. The van der Waals surface area contributed by atoms with E-state index in [1.54, 1.807) is 18.4 Å². The fourth-order valence-corrected chi connectivity index (χ4v) is 3.33. The van der Waals surface area contributed by atoms with Gasteiger partial charge in [0.1, 0.15) is 6.54 Å². The van der Waals surface area contributed by atoms with Crippen molar-refractivity contribution in [3.05, 3.63) is 46.6 Å². The summed E-state index contributed by atoms with van der Waals surface area (Å²) in [6.07, 6.45) is 1.94. The number of hydrogen-bond acceptors (Lipinski definition) is 5. The van der Waals surface area contributed by atoms with Crippen LogP contribution < -0.4 is 5.32 Å². The van der Waals surface area contributed by atoms with Gasteiger partial charge in [-0.2, -0.15) is 0 Å². The Morgan fingerprint density at radius 2 is 2.20 bits per heavy atom. The highest BCUT2D eigenvalue weighted by Crippen LogP contribution is 2.21. The second-order valence-corrected chi connectivity index (χ2v) is 6.62. The SMILES string of the molecule is CCOC(=O)Cc1csc(NC(=O)Cn2ccc3cc(Cl)ccc32)n1. The Hall–Kier alpha value is -2.38. The van der Waals surface area contributed by atoms with Gasteiger partial charge < -0.3 is 14.6 Å². The lowest BCUT2D eigenvalue weighted by Crippen LogP contribution is -2.18. The van der Waals surface area contributed by atoms with E-state index < -0.39 is 0 Å². The molecule has 0 spiro atoms. The summed E-state index contributed by atoms with van der Waals surface area (Å²) in [5, 5.41) is 6.59. The Morgan fingerprint density at radius 1 is 1.36 bits per heavy atom. The number of ether oxygens (including phenoxy) is 1. The monoisotopic (exact) mass is 377 g/mol. The molecule has 0 aliphatic heterocycles. The van der Waals surface area contributed by atoms with Crippen LogP contribution in [0.15, 0.2) is 35.8 Å². The summed E-state index contributed by atoms with van der Waals surface area (Å²) in [7, 11) is 0. The molecule has 3 rings (SSSR count). The van der Waals surface area contributed by atoms with Crippen molar-refractivity contribution >= 4 is 50.8 Å². The zero-order valence-corrected chi connectivity index (χ0v) is 15.1. The normalized spacial score (nSPS) is 10.8. The number of esters is 1. The van der Waals surface area contributed by atoms with Crippen LogP contribution in [-0.4, -0.2) is 28.0 Å². The number of hydrogen-bond donors (Lipinski definition) is 1. The molecule has 2 heterocycles. The smallest absolute Gasteiger partial charge is 0.311 e. The van der Waals surface area contributed by atoms with Crippen LogP contribution in [0.4, 0.5) is 5.13 Å². The van der Waals surface area contributed by atoms with E-state index in [2.05, 4.69) is 10.3 Å². The minimum atomic E-state index is -0.330. The number of nitrogens with zero attached hydrogens (tertiary/aromatic N) is 2. The van der Waals surface area contributed by atoms with Crippen LogP contribution in [0, 0.1) is 0 Å². The highest BCUT2D eigenvalue weighted by atomic mass is 35.5. The largest absolute Gasteiger partial charge is 0.466 e. The summed E-state index contributed by atoms with van der Waals surface area (Å²) < 4.78 is 6.72. The zero-order valence-electron chi connectivity index (χ0n) is 13.5. The number of rotatable bonds is 6. The lowest BCUT2D eigenvalue weighted by molar-refractivity contribution is -0.142. The van der Waals surface area contributed by atoms with Gasteiger partial charge in [-0.05, 0) is 31.2 Å². The number of aromatic nitrogens is 2. The first-order chi connectivity index (χ1) is 12.0. The molecule has 3 aromatic rings. The summed E-state index contributed by atoms with van der Waals surface area (Å²) in [5.41, 5.74) is 1.52. The Bertz CT molecular complexity index is 919. The van der Waals surface area contributed by atoms with Gasteiger partial charge in [0.25, 0.3) is 0 Å². The number of fused-ring (bicyclic) bond motifs is 1. The van der Waals surface area contributed by atoms with E-state index >= 15 is 0 Å². The quantitative estimate of drug-likeness (QED) is 0.667. The molecular formula is C17H16ClN3O3S. The van der Waals surface area contributed by atoms with Crippen molar-refractivity contribution in [1.29, 1.82) is 0 Å². The van der Waals surface area contributed by atoms with E-state index in [0.717, 1.165) is 10.9 Å². The van der Waals surface area contributed by atoms with Gasteiger partial charge in [0.05, 0.1) is 18.7 Å². The molecule has 0 saturated carbocycles. The van der Waals surface area contributed by atoms with Crippen LogP contribution >= 0.6 is 22.9 Å². The molecule has 0 aliphatic rings. The van der Waals surface area contributed by atoms with Crippen LogP contribution in [0.3, 0.4) is 0 Å². The van der Waals surface area contributed by atoms with Gasteiger partial charge >= 0.3 is 5.97 Å². The molecule has 0 unspecified atom stereocenters. The number of carbonyl (C=O) groups excluding carboxylic acids is 2. The Morgan fingerprint density at radius 3 is 3.00 bits per heavy atom. The van der Waals surface area contributed by atoms with E-state index in [1.807, 2.05) is 29.0 Å². The van der Waals surface area contributed by atoms with Crippen molar-refractivity contribution in [2.24, 2.45) is 0 Å². The number of benzene rings is 1. The molecule has 0 atom stereocenters. The van der Waals surface area contributed by atoms with Crippen molar-refractivity contribution in [2.75, 3.05) is 11.9 Å². The van der Waals surface area contributed by atoms with Gasteiger partial charge in [0.2, 0.25) is 5.91 Å². The third-order valence-electron chi connectivity index (χ3n) is 3.48. The molecule has 130 valence electrons. The van der Waals surface area contributed by atoms with Crippen molar-refractivity contribution in [2.45, 2.75) is 19.9 Å². The van der Waals surface area contributed by atoms with E-state index in [9.17, 15) is 9.59 Å². The molecular weight excluding hydrogens is 362 g/mol. The van der Waals surface area contributed by atoms with Crippen molar-refractivity contribution in [1.82, 2.24) is 9.55 Å². The number of thiazole rings is 1. The van der Waals surface area contributed by atoms with Gasteiger partial charge in [0, 0.05) is 27.5 Å². The number of amides is 1. The van der Waals surface area contributed by atoms with E-state index in [-0.39, 0.29) is 24.8 Å². The Kier molecular flexibility index (Phi) is 5.35. The second-order valence-electron chi connectivity index (χ2n) is 5.32. The van der Waals surface area contributed by atoms with Crippen LogP contribution in [0.2, 0.25) is 5.02 Å². The van der Waals surface area contributed by atoms with Crippen molar-refractivity contribution in [3.63, 3.8) is 0 Å². The van der Waals surface area contributed by atoms with Crippen LogP contribution in [0.5, 0.6) is 0 Å². The molecule has 0 fully saturated rings. The molecule has 0 bridgehead atoms. The van der Waals surface area contributed by atoms with Crippen molar-refractivity contribution < 1.29 is 14.3 Å². The zero-order chi connectivity index (χ0) is 17.8. The van der Waals surface area contributed by atoms with E-state index in [1.165, 1.54) is 11.3 Å². The highest BCUT2D eigenvalue weighted by molar-refractivity contribution is 7.13. The van der Waals surface area contributed by atoms with Gasteiger partial charge in [0.15, 0.2) is 5.13 Å². The molecule has 8 heteroatoms. The van der Waals surface area contributed by atoms with Crippen LogP contribution in [0.1, 0.15) is 12.6 Å². The van der Waals surface area contributed by atoms with Gasteiger partial charge in [-0.3, -0.25) is 9.59 Å². The molecule has 2 aromatic heterocycles. The molecule has 1 amide bonds. The fraction of sp³-hybridized carbons (Fsp3) is 0.235. The summed E-state index contributed by atoms with van der Waals surface area (Å²) in [6.45, 7) is 2.25. The first-order valence-electron chi connectivity index (χ1n) is 7.69. The standard InChI is InChI=1S/C17H16ClN3O3S/c1-2-24-16(23)8-13-10-25-17(19-13)20-15(22)9-21-6-5-11-7-12(18)3-4-14(11)21/h3-7,10H,2,8-9H2,1H3,(H,19,20,22). The topological polar surface area (TPSA) is 73.2 Å². The van der Waals surface area contributed by atoms with Crippen LogP contribution in [0.25, 0.3) is 10.9 Å². The number of nitrogens with one attached hydrogen (secondary N) is 1. The average molecular weight is 378 g/mol. The van der Waals surface area contributed by atoms with E-state index in [4.69, 9.17) is 16.3 Å². The number of halogens is 1. The second kappa shape index (κ2) is 7.67.